The topological polar surface area (TPSA) is 74.2 Å². The van der Waals surface area contributed by atoms with Crippen LogP contribution in [-0.4, -0.2) is 23.8 Å². The largest absolute Gasteiger partial charge is 0.496 e. The molecule has 112 valence electrons. The maximum Gasteiger partial charge on any atom is 0.234 e. The Kier molecular flexibility index (Phi) is 3.92. The van der Waals surface area contributed by atoms with Crippen molar-refractivity contribution in [3.05, 3.63) is 41.5 Å². The maximum atomic E-state index is 5.96. The van der Waals surface area contributed by atoms with Crippen LogP contribution in [0.25, 0.3) is 0 Å². The molecular formula is C16H21N3O2. The summed E-state index contributed by atoms with van der Waals surface area (Å²) < 4.78 is 10.9. The lowest BCUT2D eigenvalue weighted by atomic mass is 9.86. The third kappa shape index (κ3) is 2.65. The predicted octanol–water partition coefficient (Wildman–Crippen LogP) is 2.44. The van der Waals surface area contributed by atoms with Gasteiger partial charge in [0.25, 0.3) is 0 Å². The summed E-state index contributed by atoms with van der Waals surface area (Å²) in [6.07, 6.45) is 5.05. The highest BCUT2D eigenvalue weighted by Gasteiger charge is 2.39. The summed E-state index contributed by atoms with van der Waals surface area (Å²) in [5, 5.41) is 4.13. The average Bonchev–Trinajstić information content (AvgIpc) is 3.17. The molecule has 1 aromatic heterocycles. The molecule has 1 saturated carbocycles. The van der Waals surface area contributed by atoms with Crippen molar-refractivity contribution in [3.63, 3.8) is 0 Å². The van der Waals surface area contributed by atoms with E-state index in [4.69, 9.17) is 15.0 Å². The first-order chi connectivity index (χ1) is 10.3. The second kappa shape index (κ2) is 5.85. The Balaban J connectivity index is 1.82. The van der Waals surface area contributed by atoms with Crippen LogP contribution in [0.5, 0.6) is 5.75 Å². The van der Waals surface area contributed by atoms with E-state index in [0.29, 0.717) is 24.7 Å². The molecule has 1 heterocycles. The molecule has 0 saturated heterocycles. The van der Waals surface area contributed by atoms with Crippen LogP contribution in [0.3, 0.4) is 0 Å². The maximum absolute atomic E-state index is 5.96. The number of ether oxygens (including phenoxy) is 1. The standard InChI is InChI=1S/C16H21N3O2/c1-20-13-7-3-2-6-12(13)10-14-18-15(21-19-14)16(11-17)8-4-5-9-16/h2-3,6-7H,4-5,8-11,17H2,1H3. The van der Waals surface area contributed by atoms with E-state index in [-0.39, 0.29) is 5.41 Å². The molecule has 1 aromatic carbocycles. The Labute approximate surface area is 124 Å². The molecule has 2 N–H and O–H groups in total. The normalized spacial score (nSPS) is 17.0. The average molecular weight is 287 g/mol. The van der Waals surface area contributed by atoms with E-state index in [1.807, 2.05) is 24.3 Å². The lowest BCUT2D eigenvalue weighted by Crippen LogP contribution is -2.32. The molecule has 5 heteroatoms. The Morgan fingerprint density at radius 1 is 1.29 bits per heavy atom. The van der Waals surface area contributed by atoms with Gasteiger partial charge in [-0.25, -0.2) is 0 Å². The minimum atomic E-state index is -0.105. The van der Waals surface area contributed by atoms with E-state index in [1.165, 1.54) is 12.8 Å². The summed E-state index contributed by atoms with van der Waals surface area (Å²) in [6.45, 7) is 0.573. The van der Waals surface area contributed by atoms with E-state index < -0.39 is 0 Å². The van der Waals surface area contributed by atoms with Crippen molar-refractivity contribution in [3.8, 4) is 5.75 Å². The Morgan fingerprint density at radius 3 is 2.76 bits per heavy atom. The number of aromatic nitrogens is 2. The first-order valence-electron chi connectivity index (χ1n) is 7.42. The minimum Gasteiger partial charge on any atom is -0.496 e. The summed E-state index contributed by atoms with van der Waals surface area (Å²) >= 11 is 0. The molecule has 0 unspecified atom stereocenters. The molecule has 5 nitrogen and oxygen atoms in total. The van der Waals surface area contributed by atoms with Gasteiger partial charge >= 0.3 is 0 Å². The fraction of sp³-hybridized carbons (Fsp3) is 0.500. The van der Waals surface area contributed by atoms with Crippen LogP contribution in [0.1, 0.15) is 43.0 Å². The molecule has 1 aliphatic rings. The quantitative estimate of drug-likeness (QED) is 0.914. The smallest absolute Gasteiger partial charge is 0.234 e. The highest BCUT2D eigenvalue weighted by atomic mass is 16.5. The zero-order valence-corrected chi connectivity index (χ0v) is 12.3. The molecule has 21 heavy (non-hydrogen) atoms. The van der Waals surface area contributed by atoms with Crippen molar-refractivity contribution >= 4 is 0 Å². The molecule has 0 amide bonds. The van der Waals surface area contributed by atoms with Crippen molar-refractivity contribution in [1.29, 1.82) is 0 Å². The summed E-state index contributed by atoms with van der Waals surface area (Å²) in [4.78, 5) is 4.59. The number of benzene rings is 1. The van der Waals surface area contributed by atoms with E-state index in [9.17, 15) is 0 Å². The summed E-state index contributed by atoms with van der Waals surface area (Å²) in [5.74, 6) is 2.24. The van der Waals surface area contributed by atoms with Crippen LogP contribution in [0.4, 0.5) is 0 Å². The molecule has 1 fully saturated rings. The molecular weight excluding hydrogens is 266 g/mol. The third-order valence-electron chi connectivity index (χ3n) is 4.41. The second-order valence-corrected chi connectivity index (χ2v) is 5.70. The number of hydrogen-bond acceptors (Lipinski definition) is 5. The van der Waals surface area contributed by atoms with E-state index in [1.54, 1.807) is 7.11 Å². The third-order valence-corrected chi connectivity index (χ3v) is 4.41. The summed E-state index contributed by atoms with van der Waals surface area (Å²) in [5.41, 5.74) is 6.91. The van der Waals surface area contributed by atoms with Gasteiger partial charge in [0.05, 0.1) is 12.5 Å². The van der Waals surface area contributed by atoms with Crippen molar-refractivity contribution in [2.75, 3.05) is 13.7 Å². The highest BCUT2D eigenvalue weighted by Crippen LogP contribution is 2.39. The zero-order valence-electron chi connectivity index (χ0n) is 12.3. The van der Waals surface area contributed by atoms with E-state index >= 15 is 0 Å². The number of methoxy groups -OCH3 is 1. The van der Waals surface area contributed by atoms with Crippen molar-refractivity contribution in [1.82, 2.24) is 10.1 Å². The van der Waals surface area contributed by atoms with Gasteiger partial charge in [0.15, 0.2) is 5.82 Å². The number of nitrogens with two attached hydrogens (primary N) is 1. The first kappa shape index (κ1) is 14.1. The summed E-state index contributed by atoms with van der Waals surface area (Å²) in [6, 6.07) is 7.89. The monoisotopic (exact) mass is 287 g/mol. The Bertz CT molecular complexity index is 603. The highest BCUT2D eigenvalue weighted by molar-refractivity contribution is 5.35. The fourth-order valence-corrected chi connectivity index (χ4v) is 3.12. The second-order valence-electron chi connectivity index (χ2n) is 5.70. The molecule has 0 bridgehead atoms. The fourth-order valence-electron chi connectivity index (χ4n) is 3.12. The van der Waals surface area contributed by atoms with Crippen molar-refractivity contribution in [2.24, 2.45) is 5.73 Å². The number of para-hydroxylation sites is 1. The van der Waals surface area contributed by atoms with Gasteiger partial charge in [-0.1, -0.05) is 36.2 Å². The Hall–Kier alpha value is -1.88. The molecule has 1 aliphatic carbocycles. The van der Waals surface area contributed by atoms with Gasteiger partial charge in [0.2, 0.25) is 5.89 Å². The molecule has 0 radical (unpaired) electrons. The summed E-state index contributed by atoms with van der Waals surface area (Å²) in [7, 11) is 1.67. The van der Waals surface area contributed by atoms with Crippen LogP contribution < -0.4 is 10.5 Å². The van der Waals surface area contributed by atoms with Crippen LogP contribution in [0.2, 0.25) is 0 Å². The number of hydrogen-bond donors (Lipinski definition) is 1. The molecule has 2 aromatic rings. The minimum absolute atomic E-state index is 0.105. The lowest BCUT2D eigenvalue weighted by molar-refractivity contribution is 0.283. The van der Waals surface area contributed by atoms with Gasteiger partial charge in [0, 0.05) is 18.5 Å². The van der Waals surface area contributed by atoms with E-state index in [2.05, 4.69) is 10.1 Å². The van der Waals surface area contributed by atoms with Gasteiger partial charge in [-0.05, 0) is 18.9 Å². The van der Waals surface area contributed by atoms with Gasteiger partial charge in [-0.15, -0.1) is 0 Å². The van der Waals surface area contributed by atoms with Crippen LogP contribution >= 0.6 is 0 Å². The van der Waals surface area contributed by atoms with Crippen molar-refractivity contribution in [2.45, 2.75) is 37.5 Å². The Morgan fingerprint density at radius 2 is 2.05 bits per heavy atom. The molecule has 0 spiro atoms. The van der Waals surface area contributed by atoms with E-state index in [0.717, 1.165) is 24.2 Å². The first-order valence-corrected chi connectivity index (χ1v) is 7.42. The van der Waals surface area contributed by atoms with Gasteiger partial charge < -0.3 is 15.0 Å². The van der Waals surface area contributed by atoms with Crippen LogP contribution in [0, 0.1) is 0 Å². The van der Waals surface area contributed by atoms with Crippen LogP contribution in [-0.2, 0) is 11.8 Å². The molecule has 0 aliphatic heterocycles. The van der Waals surface area contributed by atoms with Crippen molar-refractivity contribution < 1.29 is 9.26 Å². The zero-order chi connectivity index (χ0) is 14.7. The number of rotatable bonds is 5. The number of nitrogens with zero attached hydrogens (tertiary/aromatic N) is 2. The predicted molar refractivity (Wildman–Crippen MR) is 79.3 cm³/mol. The lowest BCUT2D eigenvalue weighted by Gasteiger charge is -2.21. The van der Waals surface area contributed by atoms with Crippen LogP contribution in [0.15, 0.2) is 28.8 Å². The van der Waals surface area contributed by atoms with Gasteiger partial charge in [-0.2, -0.15) is 4.98 Å². The molecule has 3 rings (SSSR count). The molecule has 0 atom stereocenters. The SMILES string of the molecule is COc1ccccc1Cc1noc(C2(CN)CCCC2)n1. The van der Waals surface area contributed by atoms with Gasteiger partial charge in [-0.3, -0.25) is 0 Å². The van der Waals surface area contributed by atoms with Gasteiger partial charge in [0.1, 0.15) is 5.75 Å².